The Kier molecular flexibility index (Phi) is 4.23. The summed E-state index contributed by atoms with van der Waals surface area (Å²) < 4.78 is 12.9. The number of benzene rings is 1. The van der Waals surface area contributed by atoms with Crippen molar-refractivity contribution < 1.29 is 19.7 Å². The van der Waals surface area contributed by atoms with Crippen LogP contribution < -0.4 is 5.32 Å². The van der Waals surface area contributed by atoms with Gasteiger partial charge in [0.1, 0.15) is 0 Å². The topological polar surface area (TPSA) is 72.7 Å². The van der Waals surface area contributed by atoms with E-state index in [2.05, 4.69) is 5.32 Å². The number of rotatable bonds is 5. The summed E-state index contributed by atoms with van der Waals surface area (Å²) in [6.45, 7) is 1.71. The van der Waals surface area contributed by atoms with Gasteiger partial charge < -0.3 is 20.6 Å². The van der Waals surface area contributed by atoms with Gasteiger partial charge in [-0.15, -0.1) is 0 Å². The summed E-state index contributed by atoms with van der Waals surface area (Å²) in [4.78, 5) is 0. The maximum absolute atomic E-state index is 12.9. The first-order chi connectivity index (χ1) is 7.44. The predicted octanol–water partition coefficient (Wildman–Crippen LogP) is 0.364. The van der Waals surface area contributed by atoms with E-state index in [9.17, 15) is 9.50 Å². The molecule has 0 saturated heterocycles. The lowest BCUT2D eigenvalue weighted by molar-refractivity contribution is 0.00253. The van der Waals surface area contributed by atoms with E-state index in [4.69, 9.17) is 10.2 Å². The first kappa shape index (κ1) is 12.9. The average Bonchev–Trinajstić information content (AvgIpc) is 2.23. The molecule has 1 rings (SSSR count). The van der Waals surface area contributed by atoms with Crippen molar-refractivity contribution in [2.24, 2.45) is 0 Å². The van der Waals surface area contributed by atoms with Crippen molar-refractivity contribution in [1.82, 2.24) is 5.32 Å². The van der Waals surface area contributed by atoms with E-state index < -0.39 is 11.4 Å². The van der Waals surface area contributed by atoms with Gasteiger partial charge in [0.05, 0.1) is 12.2 Å². The Labute approximate surface area is 93.4 Å². The molecule has 0 bridgehead atoms. The number of phenols is 1. The molecule has 0 fully saturated rings. The maximum Gasteiger partial charge on any atom is 0.165 e. The molecule has 0 aliphatic heterocycles. The van der Waals surface area contributed by atoms with Crippen molar-refractivity contribution >= 4 is 0 Å². The molecule has 1 unspecified atom stereocenters. The molecule has 0 saturated carbocycles. The Balaban J connectivity index is 2.46. The van der Waals surface area contributed by atoms with Crippen molar-refractivity contribution in [2.75, 3.05) is 13.2 Å². The molecule has 4 N–H and O–H groups in total. The van der Waals surface area contributed by atoms with Gasteiger partial charge in [0.15, 0.2) is 11.6 Å². The quantitative estimate of drug-likeness (QED) is 0.588. The highest BCUT2D eigenvalue weighted by atomic mass is 19.1. The zero-order chi connectivity index (χ0) is 12.2. The molecule has 16 heavy (non-hydrogen) atoms. The largest absolute Gasteiger partial charge is 0.505 e. The molecule has 1 aromatic rings. The van der Waals surface area contributed by atoms with Gasteiger partial charge in [0.2, 0.25) is 0 Å². The van der Waals surface area contributed by atoms with E-state index in [-0.39, 0.29) is 18.9 Å². The van der Waals surface area contributed by atoms with Gasteiger partial charge in [-0.05, 0) is 24.6 Å². The second-order valence-corrected chi connectivity index (χ2v) is 4.04. The Bertz CT molecular complexity index is 355. The molecule has 1 aromatic carbocycles. The summed E-state index contributed by atoms with van der Waals surface area (Å²) in [6, 6.07) is 4.07. The summed E-state index contributed by atoms with van der Waals surface area (Å²) in [5, 5.41) is 30.1. The molecule has 1 atom stereocenters. The second kappa shape index (κ2) is 5.25. The van der Waals surface area contributed by atoms with Crippen LogP contribution in [0.2, 0.25) is 0 Å². The summed E-state index contributed by atoms with van der Waals surface area (Å²) in [6.07, 6.45) is 0. The Morgan fingerprint density at radius 2 is 2.12 bits per heavy atom. The molecular formula is C11H16FNO3. The molecule has 90 valence electrons. The van der Waals surface area contributed by atoms with Gasteiger partial charge in [-0.25, -0.2) is 4.39 Å². The number of aliphatic hydroxyl groups excluding tert-OH is 1. The molecule has 5 heteroatoms. The summed E-state index contributed by atoms with van der Waals surface area (Å²) in [5.41, 5.74) is -0.529. The number of hydrogen-bond donors (Lipinski definition) is 4. The molecule has 0 aliphatic rings. The van der Waals surface area contributed by atoms with Gasteiger partial charge in [-0.2, -0.15) is 0 Å². The number of nitrogens with one attached hydrogen (secondary N) is 1. The average molecular weight is 229 g/mol. The van der Waals surface area contributed by atoms with Crippen molar-refractivity contribution in [1.29, 1.82) is 0 Å². The standard InChI is InChI=1S/C11H16FNO3/c1-11(16,7-14)6-13-5-8-2-3-10(15)9(12)4-8/h2-4,13-16H,5-7H2,1H3. The van der Waals surface area contributed by atoms with Crippen molar-refractivity contribution in [3.63, 3.8) is 0 Å². The number of hydrogen-bond acceptors (Lipinski definition) is 4. The highest BCUT2D eigenvalue weighted by Crippen LogP contribution is 2.15. The van der Waals surface area contributed by atoms with Crippen LogP contribution in [0.1, 0.15) is 12.5 Å². The number of aromatic hydroxyl groups is 1. The normalized spacial score (nSPS) is 14.8. The lowest BCUT2D eigenvalue weighted by atomic mass is 10.1. The molecule has 0 spiro atoms. The molecule has 0 aliphatic carbocycles. The molecular weight excluding hydrogens is 213 g/mol. The van der Waals surface area contributed by atoms with Crippen molar-refractivity contribution in [2.45, 2.75) is 19.1 Å². The fraction of sp³-hybridized carbons (Fsp3) is 0.455. The van der Waals surface area contributed by atoms with E-state index in [1.807, 2.05) is 0 Å². The lowest BCUT2D eigenvalue weighted by Gasteiger charge is -2.20. The third-order valence-electron chi connectivity index (χ3n) is 2.19. The van der Waals surface area contributed by atoms with Crippen LogP contribution in [0.5, 0.6) is 5.75 Å². The minimum Gasteiger partial charge on any atom is -0.505 e. The zero-order valence-corrected chi connectivity index (χ0v) is 9.07. The van der Waals surface area contributed by atoms with Crippen LogP contribution in [-0.4, -0.2) is 34.1 Å². The minimum atomic E-state index is -1.19. The van der Waals surface area contributed by atoms with Gasteiger partial charge in [0.25, 0.3) is 0 Å². The van der Waals surface area contributed by atoms with Crippen LogP contribution in [0.4, 0.5) is 4.39 Å². The van der Waals surface area contributed by atoms with Gasteiger partial charge >= 0.3 is 0 Å². The molecule has 0 heterocycles. The third kappa shape index (κ3) is 3.77. The smallest absolute Gasteiger partial charge is 0.165 e. The molecule has 0 amide bonds. The van der Waals surface area contributed by atoms with E-state index in [1.165, 1.54) is 19.1 Å². The van der Waals surface area contributed by atoms with E-state index in [0.717, 1.165) is 0 Å². The second-order valence-electron chi connectivity index (χ2n) is 4.04. The number of halogens is 1. The molecule has 0 aromatic heterocycles. The van der Waals surface area contributed by atoms with Crippen molar-refractivity contribution in [3.8, 4) is 5.75 Å². The van der Waals surface area contributed by atoms with Gasteiger partial charge in [-0.1, -0.05) is 6.07 Å². The zero-order valence-electron chi connectivity index (χ0n) is 9.07. The SMILES string of the molecule is CC(O)(CO)CNCc1ccc(O)c(F)c1. The monoisotopic (exact) mass is 229 g/mol. The van der Waals surface area contributed by atoms with Crippen LogP contribution >= 0.6 is 0 Å². The first-order valence-electron chi connectivity index (χ1n) is 4.96. The summed E-state index contributed by atoms with van der Waals surface area (Å²) >= 11 is 0. The van der Waals surface area contributed by atoms with E-state index >= 15 is 0 Å². The van der Waals surface area contributed by atoms with E-state index in [0.29, 0.717) is 12.1 Å². The number of aliphatic hydroxyl groups is 2. The highest BCUT2D eigenvalue weighted by molar-refractivity contribution is 5.27. The lowest BCUT2D eigenvalue weighted by Crippen LogP contribution is -2.40. The van der Waals surface area contributed by atoms with E-state index in [1.54, 1.807) is 6.07 Å². The van der Waals surface area contributed by atoms with Gasteiger partial charge in [-0.3, -0.25) is 0 Å². The Morgan fingerprint density at radius 1 is 1.44 bits per heavy atom. The molecule has 4 nitrogen and oxygen atoms in total. The first-order valence-corrected chi connectivity index (χ1v) is 4.96. The van der Waals surface area contributed by atoms with Crippen LogP contribution in [0.25, 0.3) is 0 Å². The van der Waals surface area contributed by atoms with Crippen LogP contribution in [-0.2, 0) is 6.54 Å². The fourth-order valence-corrected chi connectivity index (χ4v) is 1.19. The fourth-order valence-electron chi connectivity index (χ4n) is 1.19. The van der Waals surface area contributed by atoms with Crippen LogP contribution in [0.15, 0.2) is 18.2 Å². The van der Waals surface area contributed by atoms with Gasteiger partial charge in [0, 0.05) is 13.1 Å². The predicted molar refractivity (Wildman–Crippen MR) is 57.5 cm³/mol. The summed E-state index contributed by atoms with van der Waals surface area (Å²) in [7, 11) is 0. The maximum atomic E-state index is 12.9. The highest BCUT2D eigenvalue weighted by Gasteiger charge is 2.17. The minimum absolute atomic E-state index is 0.200. The third-order valence-corrected chi connectivity index (χ3v) is 2.19. The number of phenolic OH excluding ortho intramolecular Hbond substituents is 1. The Hall–Kier alpha value is -1.17. The van der Waals surface area contributed by atoms with Crippen LogP contribution in [0, 0.1) is 5.82 Å². The summed E-state index contributed by atoms with van der Waals surface area (Å²) in [5.74, 6) is -1.06. The van der Waals surface area contributed by atoms with Crippen LogP contribution in [0.3, 0.4) is 0 Å². The van der Waals surface area contributed by atoms with Crippen molar-refractivity contribution in [3.05, 3.63) is 29.6 Å². The Morgan fingerprint density at radius 3 is 2.69 bits per heavy atom. The molecule has 0 radical (unpaired) electrons.